The Labute approximate surface area is 89.4 Å². The van der Waals surface area contributed by atoms with E-state index in [0.29, 0.717) is 6.54 Å². The van der Waals surface area contributed by atoms with E-state index in [1.807, 2.05) is 19.1 Å². The van der Waals surface area contributed by atoms with Crippen LogP contribution in [0.2, 0.25) is 0 Å². The summed E-state index contributed by atoms with van der Waals surface area (Å²) in [6, 6.07) is 8.21. The first-order valence-electron chi connectivity index (χ1n) is 5.04. The number of nitrogens with zero attached hydrogens (tertiary/aromatic N) is 1. The van der Waals surface area contributed by atoms with Crippen LogP contribution in [0, 0.1) is 13.8 Å². The van der Waals surface area contributed by atoms with Crippen molar-refractivity contribution in [1.29, 1.82) is 0 Å². The first-order chi connectivity index (χ1) is 7.22. The van der Waals surface area contributed by atoms with Crippen molar-refractivity contribution in [3.05, 3.63) is 41.3 Å². The Morgan fingerprint density at radius 1 is 1.27 bits per heavy atom. The number of aromatic nitrogens is 2. The van der Waals surface area contributed by atoms with E-state index in [0.717, 1.165) is 22.8 Å². The SMILES string of the molecule is Cc1nc(-c2ccccc2C)c(CN)[nH]1. The summed E-state index contributed by atoms with van der Waals surface area (Å²) in [5.74, 6) is 0.911. The number of nitrogens with two attached hydrogens (primary N) is 1. The normalized spacial score (nSPS) is 10.6. The second-order valence-electron chi connectivity index (χ2n) is 3.67. The molecule has 0 bridgehead atoms. The van der Waals surface area contributed by atoms with Crippen molar-refractivity contribution in [2.75, 3.05) is 0 Å². The maximum absolute atomic E-state index is 5.68. The molecule has 0 atom stereocenters. The smallest absolute Gasteiger partial charge is 0.103 e. The molecule has 0 unspecified atom stereocenters. The fourth-order valence-electron chi connectivity index (χ4n) is 1.75. The predicted octanol–water partition coefficient (Wildman–Crippen LogP) is 2.15. The molecule has 0 fully saturated rings. The molecule has 78 valence electrons. The topological polar surface area (TPSA) is 54.7 Å². The zero-order valence-electron chi connectivity index (χ0n) is 9.04. The molecule has 0 aliphatic carbocycles. The van der Waals surface area contributed by atoms with E-state index in [1.165, 1.54) is 5.56 Å². The van der Waals surface area contributed by atoms with Crippen molar-refractivity contribution in [1.82, 2.24) is 9.97 Å². The largest absolute Gasteiger partial charge is 0.345 e. The van der Waals surface area contributed by atoms with E-state index < -0.39 is 0 Å². The van der Waals surface area contributed by atoms with Crippen LogP contribution in [-0.4, -0.2) is 9.97 Å². The van der Waals surface area contributed by atoms with Crippen molar-refractivity contribution >= 4 is 0 Å². The van der Waals surface area contributed by atoms with Gasteiger partial charge in [-0.2, -0.15) is 0 Å². The lowest BCUT2D eigenvalue weighted by Crippen LogP contribution is -1.99. The van der Waals surface area contributed by atoms with E-state index in [-0.39, 0.29) is 0 Å². The molecule has 0 aliphatic heterocycles. The summed E-state index contributed by atoms with van der Waals surface area (Å²) in [5, 5.41) is 0. The molecule has 3 N–H and O–H groups in total. The Balaban J connectivity index is 2.58. The fourth-order valence-corrected chi connectivity index (χ4v) is 1.75. The van der Waals surface area contributed by atoms with Crippen LogP contribution in [0.15, 0.2) is 24.3 Å². The minimum atomic E-state index is 0.491. The first-order valence-corrected chi connectivity index (χ1v) is 5.04. The lowest BCUT2D eigenvalue weighted by Gasteiger charge is -2.03. The van der Waals surface area contributed by atoms with Crippen molar-refractivity contribution in [3.63, 3.8) is 0 Å². The van der Waals surface area contributed by atoms with Crippen LogP contribution < -0.4 is 5.73 Å². The van der Waals surface area contributed by atoms with Crippen LogP contribution in [0.5, 0.6) is 0 Å². The standard InChI is InChI=1S/C12H15N3/c1-8-5-3-4-6-10(8)12-11(7-13)14-9(2)15-12/h3-6H,7,13H2,1-2H3,(H,14,15). The van der Waals surface area contributed by atoms with Gasteiger partial charge in [-0.05, 0) is 19.4 Å². The maximum atomic E-state index is 5.68. The molecule has 0 spiro atoms. The van der Waals surface area contributed by atoms with Crippen LogP contribution in [0.4, 0.5) is 0 Å². The summed E-state index contributed by atoms with van der Waals surface area (Å²) in [6.07, 6.45) is 0. The first kappa shape index (κ1) is 9.93. The Bertz CT molecular complexity index is 471. The van der Waals surface area contributed by atoms with Crippen molar-refractivity contribution in [2.24, 2.45) is 5.73 Å². The van der Waals surface area contributed by atoms with Gasteiger partial charge in [0.2, 0.25) is 0 Å². The molecule has 0 saturated heterocycles. The van der Waals surface area contributed by atoms with E-state index >= 15 is 0 Å². The van der Waals surface area contributed by atoms with Crippen LogP contribution in [0.3, 0.4) is 0 Å². The highest BCUT2D eigenvalue weighted by molar-refractivity contribution is 5.65. The Morgan fingerprint density at radius 3 is 2.67 bits per heavy atom. The van der Waals surface area contributed by atoms with Gasteiger partial charge in [0.05, 0.1) is 11.4 Å². The summed E-state index contributed by atoms with van der Waals surface area (Å²) < 4.78 is 0. The highest BCUT2D eigenvalue weighted by Gasteiger charge is 2.10. The van der Waals surface area contributed by atoms with Crippen molar-refractivity contribution in [3.8, 4) is 11.3 Å². The lowest BCUT2D eigenvalue weighted by atomic mass is 10.0. The summed E-state index contributed by atoms with van der Waals surface area (Å²) in [5.41, 5.74) is 10.0. The molecule has 1 aromatic carbocycles. The summed E-state index contributed by atoms with van der Waals surface area (Å²) >= 11 is 0. The maximum Gasteiger partial charge on any atom is 0.103 e. The zero-order valence-corrected chi connectivity index (χ0v) is 9.04. The van der Waals surface area contributed by atoms with E-state index in [2.05, 4.69) is 29.0 Å². The van der Waals surface area contributed by atoms with Gasteiger partial charge in [0, 0.05) is 12.1 Å². The Hall–Kier alpha value is -1.61. The molecule has 2 aromatic rings. The lowest BCUT2D eigenvalue weighted by molar-refractivity contribution is 0.998. The Morgan fingerprint density at radius 2 is 2.00 bits per heavy atom. The van der Waals surface area contributed by atoms with E-state index in [9.17, 15) is 0 Å². The number of hydrogen-bond donors (Lipinski definition) is 2. The fraction of sp³-hybridized carbons (Fsp3) is 0.250. The van der Waals surface area contributed by atoms with Gasteiger partial charge in [-0.15, -0.1) is 0 Å². The predicted molar refractivity (Wildman–Crippen MR) is 61.4 cm³/mol. The third-order valence-corrected chi connectivity index (χ3v) is 2.50. The van der Waals surface area contributed by atoms with Gasteiger partial charge in [-0.1, -0.05) is 24.3 Å². The molecule has 3 nitrogen and oxygen atoms in total. The average molecular weight is 201 g/mol. The highest BCUT2D eigenvalue weighted by atomic mass is 14.9. The number of rotatable bonds is 2. The highest BCUT2D eigenvalue weighted by Crippen LogP contribution is 2.24. The molecule has 15 heavy (non-hydrogen) atoms. The van der Waals surface area contributed by atoms with Gasteiger partial charge >= 0.3 is 0 Å². The average Bonchev–Trinajstić information content (AvgIpc) is 2.60. The molecule has 0 aliphatic rings. The van der Waals surface area contributed by atoms with Crippen molar-refractivity contribution in [2.45, 2.75) is 20.4 Å². The number of benzene rings is 1. The second kappa shape index (κ2) is 3.87. The van der Waals surface area contributed by atoms with Crippen LogP contribution >= 0.6 is 0 Å². The van der Waals surface area contributed by atoms with Gasteiger partial charge in [-0.25, -0.2) is 4.98 Å². The molecular formula is C12H15N3. The third-order valence-electron chi connectivity index (χ3n) is 2.50. The van der Waals surface area contributed by atoms with Gasteiger partial charge in [-0.3, -0.25) is 0 Å². The monoisotopic (exact) mass is 201 g/mol. The molecule has 1 heterocycles. The van der Waals surface area contributed by atoms with Crippen LogP contribution in [-0.2, 0) is 6.54 Å². The van der Waals surface area contributed by atoms with Crippen LogP contribution in [0.25, 0.3) is 11.3 Å². The molecule has 3 heteroatoms. The van der Waals surface area contributed by atoms with Gasteiger partial charge in [0.1, 0.15) is 5.82 Å². The van der Waals surface area contributed by atoms with E-state index in [4.69, 9.17) is 5.73 Å². The number of imidazole rings is 1. The van der Waals surface area contributed by atoms with Gasteiger partial charge < -0.3 is 10.7 Å². The molecule has 0 radical (unpaired) electrons. The third kappa shape index (κ3) is 1.78. The minimum absolute atomic E-state index is 0.491. The van der Waals surface area contributed by atoms with Crippen LogP contribution in [0.1, 0.15) is 17.1 Å². The molecule has 1 aromatic heterocycles. The Kier molecular flexibility index (Phi) is 2.56. The van der Waals surface area contributed by atoms with E-state index in [1.54, 1.807) is 0 Å². The number of nitrogens with one attached hydrogen (secondary N) is 1. The van der Waals surface area contributed by atoms with Crippen molar-refractivity contribution < 1.29 is 0 Å². The molecule has 0 amide bonds. The quantitative estimate of drug-likeness (QED) is 0.782. The second-order valence-corrected chi connectivity index (χ2v) is 3.67. The number of aromatic amines is 1. The summed E-state index contributed by atoms with van der Waals surface area (Å²) in [6.45, 7) is 4.52. The summed E-state index contributed by atoms with van der Waals surface area (Å²) in [4.78, 5) is 7.66. The minimum Gasteiger partial charge on any atom is -0.345 e. The molecular weight excluding hydrogens is 186 g/mol. The molecule has 2 rings (SSSR count). The summed E-state index contributed by atoms with van der Waals surface area (Å²) in [7, 11) is 0. The van der Waals surface area contributed by atoms with Gasteiger partial charge in [0.15, 0.2) is 0 Å². The number of hydrogen-bond acceptors (Lipinski definition) is 2. The number of aryl methyl sites for hydroxylation is 2. The van der Waals surface area contributed by atoms with Gasteiger partial charge in [0.25, 0.3) is 0 Å². The zero-order chi connectivity index (χ0) is 10.8. The number of H-pyrrole nitrogens is 1. The molecule has 0 saturated carbocycles.